The zero-order chi connectivity index (χ0) is 20.6. The molecule has 0 saturated heterocycles. The van der Waals surface area contributed by atoms with Gasteiger partial charge >= 0.3 is 0 Å². The Morgan fingerprint density at radius 3 is 2.62 bits per heavy atom. The van der Waals surface area contributed by atoms with Gasteiger partial charge in [0.2, 0.25) is 12.0 Å². The quantitative estimate of drug-likeness (QED) is 0.544. The first kappa shape index (κ1) is 19.5. The lowest BCUT2D eigenvalue weighted by Gasteiger charge is -2.09. The predicted octanol–water partition coefficient (Wildman–Crippen LogP) is 0.779. The molecule has 10 nitrogen and oxygen atoms in total. The second kappa shape index (κ2) is 7.55. The van der Waals surface area contributed by atoms with Gasteiger partial charge < -0.3 is 10.3 Å². The number of hydrogen-bond donors (Lipinski definition) is 2. The van der Waals surface area contributed by atoms with Crippen LogP contribution in [-0.4, -0.2) is 43.2 Å². The molecule has 2 aromatic rings. The van der Waals surface area contributed by atoms with Gasteiger partial charge in [0.1, 0.15) is 5.36 Å². The van der Waals surface area contributed by atoms with Crippen LogP contribution in [0.1, 0.15) is 5.56 Å². The van der Waals surface area contributed by atoms with E-state index in [4.69, 9.17) is 5.73 Å². The van der Waals surface area contributed by atoms with E-state index in [1.54, 1.807) is 10.8 Å². The van der Waals surface area contributed by atoms with Crippen LogP contribution in [0, 0.1) is 10.4 Å². The molecular weight excluding hydrogens is 414 g/mol. The summed E-state index contributed by atoms with van der Waals surface area (Å²) in [6.45, 7) is -0.0391. The molecule has 0 amide bonds. The van der Waals surface area contributed by atoms with Crippen LogP contribution in [-0.2, 0) is 9.84 Å². The lowest BCUT2D eigenvalue weighted by molar-refractivity contribution is -0.498. The summed E-state index contributed by atoms with van der Waals surface area (Å²) in [5, 5.41) is 21.7. The molecule has 0 saturated carbocycles. The molecule has 29 heavy (non-hydrogen) atoms. The molecule has 3 N–H and O–H groups in total. The fourth-order valence-electron chi connectivity index (χ4n) is 3.19. The molecule has 0 unspecified atom stereocenters. The highest BCUT2D eigenvalue weighted by atomic mass is 32.2. The molecule has 0 aliphatic carbocycles. The van der Waals surface area contributed by atoms with Crippen molar-refractivity contribution in [2.24, 2.45) is 31.5 Å². The molecule has 148 valence electrons. The van der Waals surface area contributed by atoms with E-state index in [1.807, 2.05) is 31.5 Å². The molecule has 0 fully saturated rings. The molecule has 2 aliphatic rings. The normalized spacial score (nSPS) is 16.1. The average molecular weight is 430 g/mol. The Labute approximate surface area is 169 Å². The van der Waals surface area contributed by atoms with Gasteiger partial charge in [0, 0.05) is 28.9 Å². The molecule has 4 rings (SSSR count). The highest BCUT2D eigenvalue weighted by molar-refractivity contribution is 7.95. The average Bonchev–Trinajstić information content (AvgIpc) is 3.34. The second-order valence-corrected chi connectivity index (χ2v) is 8.96. The van der Waals surface area contributed by atoms with E-state index in [0.717, 1.165) is 16.1 Å². The molecule has 2 aromatic carbocycles. The minimum atomic E-state index is -3.71. The van der Waals surface area contributed by atoms with E-state index >= 15 is 0 Å². The van der Waals surface area contributed by atoms with E-state index in [9.17, 15) is 13.0 Å². The molecule has 0 aromatic heterocycles. The van der Waals surface area contributed by atoms with Crippen molar-refractivity contribution in [1.29, 1.82) is 0 Å². The third-order valence-electron chi connectivity index (χ3n) is 4.41. The van der Waals surface area contributed by atoms with Crippen molar-refractivity contribution in [3.8, 4) is 0 Å². The number of fused-ring (bicyclic) bond motifs is 1. The van der Waals surface area contributed by atoms with E-state index in [1.165, 1.54) is 6.07 Å². The molecule has 12 heteroatoms. The van der Waals surface area contributed by atoms with Gasteiger partial charge in [0.05, 0.1) is 21.1 Å². The van der Waals surface area contributed by atoms with Crippen molar-refractivity contribution >= 4 is 33.9 Å². The van der Waals surface area contributed by atoms with Crippen molar-refractivity contribution < 1.29 is 17.7 Å². The first-order valence-electron chi connectivity index (χ1n) is 8.48. The standard InChI is InChI=1S/C17H15N7O3S2/c1-24-9-11-8-10(2-4-13(11)21-24)12-3-5-14(29(26,27)7-6-18)16(28-25)15(12)17-19-22-23-20-17/h2-5,8-9H,6-7,18H2,1H3/p+1. The third kappa shape index (κ3) is 3.51. The van der Waals surface area contributed by atoms with Crippen LogP contribution in [0.5, 0.6) is 0 Å². The monoisotopic (exact) mass is 430 g/mol. The summed E-state index contributed by atoms with van der Waals surface area (Å²) in [4.78, 5) is 0.0680. The lowest BCUT2D eigenvalue weighted by Crippen LogP contribution is -2.21. The summed E-state index contributed by atoms with van der Waals surface area (Å²) in [5.74, 6) is -0.132. The fourth-order valence-corrected chi connectivity index (χ4v) is 5.32. The maximum atomic E-state index is 12.7. The van der Waals surface area contributed by atoms with Gasteiger partial charge in [0.15, 0.2) is 16.9 Å². The number of nitrogens with two attached hydrogens (primary N) is 1. The van der Waals surface area contributed by atoms with Gasteiger partial charge in [-0.3, -0.25) is 0 Å². The Balaban J connectivity index is 2.19. The van der Waals surface area contributed by atoms with Gasteiger partial charge in [0.25, 0.3) is 0 Å². The second-order valence-electron chi connectivity index (χ2n) is 6.29. The first-order chi connectivity index (χ1) is 13.9. The molecular formula is C17H16N7O3S2+. The number of benzene rings is 2. The summed E-state index contributed by atoms with van der Waals surface area (Å²) >= 11 is 0.318. The molecule has 0 spiro atoms. The number of hydrogen-bond acceptors (Lipinski definition) is 10. The highest BCUT2D eigenvalue weighted by Crippen LogP contribution is 2.24. The van der Waals surface area contributed by atoms with Gasteiger partial charge in [-0.1, -0.05) is 16.8 Å². The third-order valence-corrected chi connectivity index (χ3v) is 6.93. The van der Waals surface area contributed by atoms with Crippen LogP contribution >= 0.6 is 12.0 Å². The largest absolute Gasteiger partial charge is 0.329 e. The lowest BCUT2D eigenvalue weighted by atomic mass is 10.1. The number of rotatable bonds is 4. The maximum Gasteiger partial charge on any atom is 0.209 e. The van der Waals surface area contributed by atoms with Gasteiger partial charge in [-0.15, -0.1) is 10.2 Å². The molecule has 0 radical (unpaired) electrons. The van der Waals surface area contributed by atoms with E-state index < -0.39 is 9.84 Å². The zero-order valence-electron chi connectivity index (χ0n) is 15.2. The van der Waals surface area contributed by atoms with Gasteiger partial charge in [-0.05, 0) is 39.1 Å². The number of nitrogens with zero attached hydrogens (tertiary/aromatic N) is 6. The minimum absolute atomic E-state index is 0.0391. The van der Waals surface area contributed by atoms with Crippen molar-refractivity contribution in [3.63, 3.8) is 0 Å². The Morgan fingerprint density at radius 2 is 1.93 bits per heavy atom. The summed E-state index contributed by atoms with van der Waals surface area (Å²) in [6.07, 6.45) is 1.88. The zero-order valence-corrected chi connectivity index (χ0v) is 16.9. The van der Waals surface area contributed by atoms with Crippen LogP contribution in [0.3, 0.4) is 0 Å². The summed E-state index contributed by atoms with van der Waals surface area (Å²) in [5.41, 5.74) is 6.36. The van der Waals surface area contributed by atoms with Crippen molar-refractivity contribution in [3.05, 3.63) is 56.9 Å². The fraction of sp³-hybridized carbons (Fsp3) is 0.176. The van der Waals surface area contributed by atoms with E-state index in [-0.39, 0.29) is 27.9 Å². The first-order valence-corrected chi connectivity index (χ1v) is 10.9. The molecule has 0 atom stereocenters. The smallest absolute Gasteiger partial charge is 0.209 e. The number of sulfone groups is 1. The Hall–Kier alpha value is -2.80. The SMILES string of the molecule is C[N+]1=Cc2cc(=c3ccc(S(=O)(=O)CCN)c(SO)c3=C3N=NN=N3)ccc2=N1. The predicted molar refractivity (Wildman–Crippen MR) is 105 cm³/mol. The Morgan fingerprint density at radius 1 is 1.17 bits per heavy atom. The highest BCUT2D eigenvalue weighted by Gasteiger charge is 2.22. The Kier molecular flexibility index (Phi) is 5.08. The minimum Gasteiger partial charge on any atom is -0.329 e. The van der Waals surface area contributed by atoms with E-state index in [0.29, 0.717) is 22.5 Å². The van der Waals surface area contributed by atoms with Crippen molar-refractivity contribution in [2.45, 2.75) is 9.79 Å². The summed E-state index contributed by atoms with van der Waals surface area (Å²) < 4.78 is 37.0. The molecule has 0 bridgehead atoms. The van der Waals surface area contributed by atoms with Crippen LogP contribution in [0.25, 0.3) is 5.82 Å². The van der Waals surface area contributed by atoms with Crippen molar-refractivity contribution in [1.82, 2.24) is 0 Å². The topological polar surface area (TPSA) is 145 Å². The van der Waals surface area contributed by atoms with Crippen LogP contribution in [0.4, 0.5) is 0 Å². The molecule has 2 heterocycles. The maximum absolute atomic E-state index is 12.7. The van der Waals surface area contributed by atoms with Gasteiger partial charge in [-0.25, -0.2) is 8.42 Å². The Bertz CT molecular complexity index is 1420. The van der Waals surface area contributed by atoms with Gasteiger partial charge in [-0.2, -0.15) is 0 Å². The van der Waals surface area contributed by atoms with Crippen LogP contribution < -0.4 is 16.3 Å². The van der Waals surface area contributed by atoms with E-state index in [2.05, 4.69) is 25.8 Å². The van der Waals surface area contributed by atoms with Crippen LogP contribution in [0.2, 0.25) is 0 Å². The molecule has 2 aliphatic heterocycles. The van der Waals surface area contributed by atoms with Crippen LogP contribution in [0.15, 0.2) is 65.9 Å². The summed E-state index contributed by atoms with van der Waals surface area (Å²) in [6, 6.07) is 8.76. The van der Waals surface area contributed by atoms with Crippen molar-refractivity contribution in [2.75, 3.05) is 19.3 Å². The summed E-state index contributed by atoms with van der Waals surface area (Å²) in [7, 11) is -1.88.